The summed E-state index contributed by atoms with van der Waals surface area (Å²) < 4.78 is 0. The highest BCUT2D eigenvalue weighted by atomic mass is 16.4. The maximum Gasteiger partial charge on any atom is 0.326 e. The second-order valence-electron chi connectivity index (χ2n) is 10.4. The molecule has 2 aromatic carbocycles. The predicted molar refractivity (Wildman–Crippen MR) is 141 cm³/mol. The maximum atomic E-state index is 13.5. The number of nitrogens with one attached hydrogen (secondary N) is 2. The van der Waals surface area contributed by atoms with Crippen molar-refractivity contribution >= 4 is 11.9 Å². The van der Waals surface area contributed by atoms with Crippen LogP contribution in [-0.4, -0.2) is 62.6 Å². The van der Waals surface area contributed by atoms with E-state index in [1.54, 1.807) is 12.3 Å². The molecule has 0 bridgehead atoms. The molecule has 4 N–H and O–H groups in total. The Labute approximate surface area is 217 Å². The molecule has 1 aliphatic heterocycles. The van der Waals surface area contributed by atoms with E-state index >= 15 is 0 Å². The van der Waals surface area contributed by atoms with E-state index in [0.29, 0.717) is 24.6 Å². The van der Waals surface area contributed by atoms with Crippen LogP contribution in [0.5, 0.6) is 5.75 Å². The third-order valence-electron chi connectivity index (χ3n) is 7.83. The van der Waals surface area contributed by atoms with Crippen molar-refractivity contribution in [2.75, 3.05) is 19.6 Å². The van der Waals surface area contributed by atoms with Crippen LogP contribution in [0.3, 0.4) is 0 Å². The van der Waals surface area contributed by atoms with Crippen molar-refractivity contribution in [1.29, 1.82) is 0 Å². The highest BCUT2D eigenvalue weighted by Gasteiger charge is 2.39. The van der Waals surface area contributed by atoms with Crippen LogP contribution in [0.4, 0.5) is 0 Å². The monoisotopic (exact) mass is 504 g/mol. The van der Waals surface area contributed by atoms with Crippen LogP contribution in [0.25, 0.3) is 0 Å². The van der Waals surface area contributed by atoms with Gasteiger partial charge in [0.1, 0.15) is 11.8 Å². The predicted octanol–water partition coefficient (Wildman–Crippen LogP) is 3.39. The molecule has 1 fully saturated rings. The van der Waals surface area contributed by atoms with Gasteiger partial charge in [0, 0.05) is 25.7 Å². The standard InChI is InChI=1S/C29H36N4O4/c1-20-17-33(12-11-29(20,2)23-9-6-10-25(34)14-23)18-22(13-21-7-4-3-5-8-21)27(35)32-26(28(36)37)15-24-16-30-19-31-24/h3-10,14,16,19-20,22,26,34H,11-13,15,17-18H2,1-2H3,(H,30,31)(H,32,35)(H,36,37)/t20-,22-,26-,29+/m0/s1. The van der Waals surface area contributed by atoms with E-state index in [-0.39, 0.29) is 23.5 Å². The molecule has 1 aliphatic rings. The summed E-state index contributed by atoms with van der Waals surface area (Å²) in [6, 6.07) is 16.3. The highest BCUT2D eigenvalue weighted by molar-refractivity contribution is 5.85. The lowest BCUT2D eigenvalue weighted by atomic mass is 9.68. The molecule has 0 radical (unpaired) electrons. The number of likely N-dealkylation sites (tertiary alicyclic amines) is 1. The van der Waals surface area contributed by atoms with Crippen molar-refractivity contribution in [3.63, 3.8) is 0 Å². The molecule has 0 unspecified atom stereocenters. The smallest absolute Gasteiger partial charge is 0.326 e. The van der Waals surface area contributed by atoms with Gasteiger partial charge in [-0.1, -0.05) is 56.3 Å². The number of imidazole rings is 1. The second kappa shape index (κ2) is 11.6. The van der Waals surface area contributed by atoms with Crippen LogP contribution in [0, 0.1) is 11.8 Å². The fourth-order valence-corrected chi connectivity index (χ4v) is 5.32. The van der Waals surface area contributed by atoms with Gasteiger partial charge in [-0.3, -0.25) is 4.79 Å². The van der Waals surface area contributed by atoms with Gasteiger partial charge in [0.05, 0.1) is 17.9 Å². The van der Waals surface area contributed by atoms with Crippen molar-refractivity contribution in [3.8, 4) is 5.75 Å². The van der Waals surface area contributed by atoms with E-state index in [1.807, 2.05) is 42.5 Å². The van der Waals surface area contributed by atoms with E-state index in [1.165, 1.54) is 6.33 Å². The number of aromatic hydroxyl groups is 1. The molecule has 1 saturated heterocycles. The number of carbonyl (C=O) groups is 2. The van der Waals surface area contributed by atoms with Gasteiger partial charge >= 0.3 is 5.97 Å². The summed E-state index contributed by atoms with van der Waals surface area (Å²) in [7, 11) is 0. The van der Waals surface area contributed by atoms with E-state index in [2.05, 4.69) is 40.1 Å². The molecule has 1 amide bonds. The molecule has 37 heavy (non-hydrogen) atoms. The Bertz CT molecular complexity index is 1180. The van der Waals surface area contributed by atoms with Gasteiger partial charge in [-0.25, -0.2) is 9.78 Å². The quantitative estimate of drug-likeness (QED) is 0.336. The summed E-state index contributed by atoms with van der Waals surface area (Å²) in [6.07, 6.45) is 4.68. The third-order valence-corrected chi connectivity index (χ3v) is 7.83. The van der Waals surface area contributed by atoms with Crippen LogP contribution in [-0.2, 0) is 27.8 Å². The summed E-state index contributed by atoms with van der Waals surface area (Å²) in [5.74, 6) is -1.17. The van der Waals surface area contributed by atoms with Gasteiger partial charge in [0.25, 0.3) is 0 Å². The summed E-state index contributed by atoms with van der Waals surface area (Å²) in [5.41, 5.74) is 2.67. The van der Waals surface area contributed by atoms with E-state index < -0.39 is 17.9 Å². The first-order valence-corrected chi connectivity index (χ1v) is 12.8. The number of carboxylic acids is 1. The molecular formula is C29H36N4O4. The van der Waals surface area contributed by atoms with Crippen LogP contribution >= 0.6 is 0 Å². The number of benzene rings is 2. The van der Waals surface area contributed by atoms with E-state index in [0.717, 1.165) is 30.6 Å². The number of rotatable bonds is 10. The number of carboxylic acid groups (broad SMARTS) is 1. The Morgan fingerprint density at radius 1 is 1.19 bits per heavy atom. The van der Waals surface area contributed by atoms with Crippen molar-refractivity contribution in [1.82, 2.24) is 20.2 Å². The Kier molecular flexibility index (Phi) is 8.28. The lowest BCUT2D eigenvalue weighted by Gasteiger charge is -2.45. The molecule has 4 rings (SSSR count). The molecule has 1 aromatic heterocycles. The number of piperidine rings is 1. The topological polar surface area (TPSA) is 119 Å². The minimum atomic E-state index is -1.08. The molecule has 8 heteroatoms. The molecule has 2 heterocycles. The average molecular weight is 505 g/mol. The number of hydrogen-bond acceptors (Lipinski definition) is 5. The molecule has 196 valence electrons. The molecule has 0 spiro atoms. The average Bonchev–Trinajstić information content (AvgIpc) is 3.39. The van der Waals surface area contributed by atoms with Gasteiger partial charge in [-0.15, -0.1) is 0 Å². The van der Waals surface area contributed by atoms with Gasteiger partial charge in [-0.05, 0) is 54.0 Å². The highest BCUT2D eigenvalue weighted by Crippen LogP contribution is 2.40. The fourth-order valence-electron chi connectivity index (χ4n) is 5.32. The number of aliphatic carboxylic acids is 1. The number of carbonyl (C=O) groups excluding carboxylic acids is 1. The van der Waals surface area contributed by atoms with Gasteiger partial charge in [0.15, 0.2) is 0 Å². The zero-order chi connectivity index (χ0) is 26.4. The first-order chi connectivity index (χ1) is 17.7. The van der Waals surface area contributed by atoms with Gasteiger partial charge in [0.2, 0.25) is 5.91 Å². The van der Waals surface area contributed by atoms with Crippen molar-refractivity contribution in [2.45, 2.75) is 44.6 Å². The first kappa shape index (κ1) is 26.4. The number of hydrogen-bond donors (Lipinski definition) is 4. The van der Waals surface area contributed by atoms with Crippen LogP contribution in [0.2, 0.25) is 0 Å². The molecule has 0 saturated carbocycles. The van der Waals surface area contributed by atoms with E-state index in [9.17, 15) is 19.8 Å². The van der Waals surface area contributed by atoms with Crippen LogP contribution < -0.4 is 5.32 Å². The number of aromatic nitrogens is 2. The Morgan fingerprint density at radius 2 is 1.97 bits per heavy atom. The van der Waals surface area contributed by atoms with Crippen molar-refractivity contribution in [3.05, 3.63) is 83.9 Å². The lowest BCUT2D eigenvalue weighted by molar-refractivity contribution is -0.142. The maximum absolute atomic E-state index is 13.5. The Morgan fingerprint density at radius 3 is 2.62 bits per heavy atom. The third kappa shape index (κ3) is 6.57. The molecule has 4 atom stereocenters. The lowest BCUT2D eigenvalue weighted by Crippen LogP contribution is -2.52. The number of amides is 1. The SMILES string of the molecule is C[C@H]1CN(C[C@H](Cc2ccccc2)C(=O)N[C@@H](Cc2c[nH]cn2)C(=O)O)CC[C@@]1(C)c1cccc(O)c1. The minimum Gasteiger partial charge on any atom is -0.508 e. The first-order valence-electron chi connectivity index (χ1n) is 12.8. The zero-order valence-electron chi connectivity index (χ0n) is 21.4. The number of phenols is 1. The Hall–Kier alpha value is -3.65. The largest absolute Gasteiger partial charge is 0.508 e. The summed E-state index contributed by atoms with van der Waals surface area (Å²) >= 11 is 0. The molecular weight excluding hydrogens is 468 g/mol. The normalized spacial score (nSPS) is 21.7. The van der Waals surface area contributed by atoms with Crippen LogP contribution in [0.1, 0.15) is 37.1 Å². The summed E-state index contributed by atoms with van der Waals surface area (Å²) in [4.78, 5) is 34.6. The minimum absolute atomic E-state index is 0.0790. The molecule has 0 aliphatic carbocycles. The fraction of sp³-hybridized carbons (Fsp3) is 0.414. The Balaban J connectivity index is 1.47. The molecule has 3 aromatic rings. The van der Waals surface area contributed by atoms with Gasteiger partial charge < -0.3 is 25.4 Å². The second-order valence-corrected chi connectivity index (χ2v) is 10.4. The number of nitrogens with zero attached hydrogens (tertiary/aromatic N) is 2. The number of aromatic amines is 1. The van der Waals surface area contributed by atoms with Crippen molar-refractivity contribution in [2.24, 2.45) is 11.8 Å². The summed E-state index contributed by atoms with van der Waals surface area (Å²) in [5, 5.41) is 22.5. The van der Waals surface area contributed by atoms with Gasteiger partial charge in [-0.2, -0.15) is 0 Å². The zero-order valence-corrected chi connectivity index (χ0v) is 21.4. The van der Waals surface area contributed by atoms with Crippen molar-refractivity contribution < 1.29 is 19.8 Å². The van der Waals surface area contributed by atoms with E-state index in [4.69, 9.17) is 0 Å². The summed E-state index contributed by atoms with van der Waals surface area (Å²) in [6.45, 7) is 6.61. The number of H-pyrrole nitrogens is 1. The van der Waals surface area contributed by atoms with Crippen LogP contribution in [0.15, 0.2) is 67.1 Å². The number of phenolic OH excluding ortho intramolecular Hbond substituents is 1. The molecule has 8 nitrogen and oxygen atoms in total.